The predicted octanol–water partition coefficient (Wildman–Crippen LogP) is 8.13. The average Bonchev–Trinajstić information content (AvgIpc) is 2.50. The van der Waals surface area contributed by atoms with Gasteiger partial charge < -0.3 is 0 Å². The summed E-state index contributed by atoms with van der Waals surface area (Å²) in [5, 5.41) is 0. The molecule has 0 rings (SSSR count). The Morgan fingerprint density at radius 3 is 1.00 bits per heavy atom. The van der Waals surface area contributed by atoms with Crippen LogP contribution in [0.1, 0.15) is 129 Å². The van der Waals surface area contributed by atoms with Crippen molar-refractivity contribution in [2.24, 2.45) is 0 Å². The van der Waals surface area contributed by atoms with E-state index in [-0.39, 0.29) is 0 Å². The zero-order valence-corrected chi connectivity index (χ0v) is 15.2. The second-order valence-corrected chi connectivity index (χ2v) is 6.70. The lowest BCUT2D eigenvalue weighted by atomic mass is 10.0. The monoisotopic (exact) mass is 294 g/mol. The van der Waals surface area contributed by atoms with Crippen LogP contribution < -0.4 is 0 Å². The van der Waals surface area contributed by atoms with Crippen LogP contribution in [-0.4, -0.2) is 0 Å². The highest BCUT2D eigenvalue weighted by atomic mass is 14.0. The van der Waals surface area contributed by atoms with E-state index >= 15 is 0 Å². The van der Waals surface area contributed by atoms with Gasteiger partial charge in [0.2, 0.25) is 0 Å². The van der Waals surface area contributed by atoms with Crippen LogP contribution in [-0.2, 0) is 0 Å². The summed E-state index contributed by atoms with van der Waals surface area (Å²) in [6.45, 7) is 4.58. The van der Waals surface area contributed by atoms with Gasteiger partial charge in [-0.05, 0) is 19.3 Å². The molecular formula is C21H42. The van der Waals surface area contributed by atoms with E-state index in [2.05, 4.69) is 20.3 Å². The first-order valence-electron chi connectivity index (χ1n) is 10.1. The molecule has 0 saturated carbocycles. The molecule has 0 aromatic rings. The van der Waals surface area contributed by atoms with Gasteiger partial charge in [-0.15, -0.1) is 0 Å². The summed E-state index contributed by atoms with van der Waals surface area (Å²) in [6, 6.07) is 0. The standard InChI is InChI=1S/C21H42/c1-3-5-7-9-11-13-15-17-19-21-20-18-16-14-12-10-8-6-4-2/h3-17,19-21H2,1-2H3. The molecule has 0 amide bonds. The fourth-order valence-corrected chi connectivity index (χ4v) is 2.89. The fourth-order valence-electron chi connectivity index (χ4n) is 2.89. The van der Waals surface area contributed by atoms with E-state index in [1.54, 1.807) is 0 Å². The summed E-state index contributed by atoms with van der Waals surface area (Å²) in [4.78, 5) is 0. The lowest BCUT2D eigenvalue weighted by molar-refractivity contribution is 0.551. The van der Waals surface area contributed by atoms with Gasteiger partial charge in [0.15, 0.2) is 0 Å². The third kappa shape index (κ3) is 20.0. The molecule has 0 aromatic carbocycles. The van der Waals surface area contributed by atoms with Gasteiger partial charge >= 0.3 is 0 Å². The molecule has 0 heterocycles. The summed E-state index contributed by atoms with van der Waals surface area (Å²) in [5.41, 5.74) is 0. The molecule has 0 aromatic heterocycles. The molecule has 0 aliphatic heterocycles. The van der Waals surface area contributed by atoms with E-state index in [1.165, 1.54) is 116 Å². The molecule has 0 nitrogen and oxygen atoms in total. The van der Waals surface area contributed by atoms with Crippen molar-refractivity contribution in [1.82, 2.24) is 0 Å². The molecule has 0 fully saturated rings. The third-order valence-corrected chi connectivity index (χ3v) is 4.41. The Balaban J connectivity index is 2.90. The summed E-state index contributed by atoms with van der Waals surface area (Å²) in [7, 11) is 0. The second-order valence-electron chi connectivity index (χ2n) is 6.70. The predicted molar refractivity (Wildman–Crippen MR) is 97.7 cm³/mol. The molecule has 0 heteroatoms. The summed E-state index contributed by atoms with van der Waals surface area (Å²) in [5.74, 6) is 0. The van der Waals surface area contributed by atoms with Crippen molar-refractivity contribution in [1.29, 1.82) is 0 Å². The third-order valence-electron chi connectivity index (χ3n) is 4.41. The molecule has 0 spiro atoms. The largest absolute Gasteiger partial charge is 0.0654 e. The molecule has 0 aliphatic carbocycles. The van der Waals surface area contributed by atoms with Gasteiger partial charge in [-0.1, -0.05) is 117 Å². The van der Waals surface area contributed by atoms with E-state index < -0.39 is 0 Å². The van der Waals surface area contributed by atoms with Crippen LogP contribution in [0.5, 0.6) is 0 Å². The van der Waals surface area contributed by atoms with Crippen molar-refractivity contribution in [3.8, 4) is 0 Å². The molecule has 0 atom stereocenters. The van der Waals surface area contributed by atoms with E-state index in [0.29, 0.717) is 0 Å². The topological polar surface area (TPSA) is 0 Å². The lowest BCUT2D eigenvalue weighted by Crippen LogP contribution is -1.84. The smallest absolute Gasteiger partial charge is 0.0173 e. The SMILES string of the molecule is CCCCCCCC[C]CCCCCCCCCCCC. The Morgan fingerprint density at radius 1 is 0.381 bits per heavy atom. The van der Waals surface area contributed by atoms with Crippen LogP contribution >= 0.6 is 0 Å². The molecule has 0 aliphatic rings. The van der Waals surface area contributed by atoms with Gasteiger partial charge in [-0.25, -0.2) is 0 Å². The minimum atomic E-state index is 1.24. The number of hydrogen-bond acceptors (Lipinski definition) is 0. The van der Waals surface area contributed by atoms with E-state index in [4.69, 9.17) is 0 Å². The van der Waals surface area contributed by atoms with Gasteiger partial charge in [0.25, 0.3) is 0 Å². The zero-order valence-electron chi connectivity index (χ0n) is 15.2. The van der Waals surface area contributed by atoms with E-state index in [9.17, 15) is 0 Å². The summed E-state index contributed by atoms with van der Waals surface area (Å²) in [6.07, 6.45) is 28.9. The first-order chi connectivity index (χ1) is 10.4. The molecular weight excluding hydrogens is 252 g/mol. The van der Waals surface area contributed by atoms with Gasteiger partial charge in [0, 0.05) is 0 Å². The van der Waals surface area contributed by atoms with Crippen LogP contribution in [0.2, 0.25) is 0 Å². The van der Waals surface area contributed by atoms with E-state index in [0.717, 1.165) is 0 Å². The average molecular weight is 295 g/mol. The maximum Gasteiger partial charge on any atom is -0.0173 e. The molecule has 0 unspecified atom stereocenters. The Bertz CT molecular complexity index is 143. The van der Waals surface area contributed by atoms with Crippen molar-refractivity contribution in [2.75, 3.05) is 0 Å². The highest BCUT2D eigenvalue weighted by Crippen LogP contribution is 2.13. The Labute approximate surface area is 136 Å². The van der Waals surface area contributed by atoms with Gasteiger partial charge in [0.05, 0.1) is 0 Å². The van der Waals surface area contributed by atoms with E-state index in [1.807, 2.05) is 0 Å². The van der Waals surface area contributed by atoms with Crippen LogP contribution in [0.3, 0.4) is 0 Å². The summed E-state index contributed by atoms with van der Waals surface area (Å²) < 4.78 is 0. The Hall–Kier alpha value is 0. The first kappa shape index (κ1) is 21.0. The highest BCUT2D eigenvalue weighted by molar-refractivity contribution is 4.64. The van der Waals surface area contributed by atoms with Crippen molar-refractivity contribution >= 4 is 0 Å². The zero-order chi connectivity index (χ0) is 15.4. The van der Waals surface area contributed by atoms with Crippen LogP contribution in [0, 0.1) is 6.42 Å². The maximum absolute atomic E-state index is 3.60. The normalized spacial score (nSPS) is 11.1. The van der Waals surface area contributed by atoms with Crippen molar-refractivity contribution < 1.29 is 0 Å². The molecule has 0 bridgehead atoms. The second kappa shape index (κ2) is 20.0. The minimum Gasteiger partial charge on any atom is -0.0654 e. The molecule has 0 saturated heterocycles. The van der Waals surface area contributed by atoms with Gasteiger partial charge in [-0.2, -0.15) is 0 Å². The Kier molecular flexibility index (Phi) is 20.0. The van der Waals surface area contributed by atoms with Crippen molar-refractivity contribution in [2.45, 2.75) is 129 Å². The van der Waals surface area contributed by atoms with Crippen LogP contribution in [0.15, 0.2) is 0 Å². The minimum absolute atomic E-state index is 1.24. The molecule has 21 heavy (non-hydrogen) atoms. The number of hydrogen-bond donors (Lipinski definition) is 0. The quantitative estimate of drug-likeness (QED) is 0.224. The van der Waals surface area contributed by atoms with Gasteiger partial charge in [0.1, 0.15) is 0 Å². The van der Waals surface area contributed by atoms with Crippen molar-refractivity contribution in [3.05, 3.63) is 6.42 Å². The molecule has 126 valence electrons. The van der Waals surface area contributed by atoms with Crippen molar-refractivity contribution in [3.63, 3.8) is 0 Å². The highest BCUT2D eigenvalue weighted by Gasteiger charge is 1.95. The van der Waals surface area contributed by atoms with Crippen LogP contribution in [0.4, 0.5) is 0 Å². The summed E-state index contributed by atoms with van der Waals surface area (Å²) >= 11 is 0. The number of unbranched alkanes of at least 4 members (excludes halogenated alkanes) is 18. The maximum atomic E-state index is 3.60. The lowest BCUT2D eigenvalue weighted by Gasteiger charge is -2.03. The van der Waals surface area contributed by atoms with Gasteiger partial charge in [-0.3, -0.25) is 0 Å². The van der Waals surface area contributed by atoms with Crippen LogP contribution in [0.25, 0.3) is 0 Å². The molecule has 2 radical (unpaired) electrons. The molecule has 0 N–H and O–H groups in total. The fraction of sp³-hybridized carbons (Fsp3) is 0.952. The Morgan fingerprint density at radius 2 is 0.667 bits per heavy atom. The number of rotatable bonds is 18. The first-order valence-corrected chi connectivity index (χ1v) is 10.1.